The van der Waals surface area contributed by atoms with Crippen molar-refractivity contribution in [3.05, 3.63) is 53.7 Å². The molecule has 2 heterocycles. The molecule has 1 aliphatic heterocycles. The van der Waals surface area contributed by atoms with E-state index >= 15 is 0 Å². The van der Waals surface area contributed by atoms with Crippen molar-refractivity contribution in [3.8, 4) is 11.5 Å². The second-order valence-corrected chi connectivity index (χ2v) is 6.67. The Morgan fingerprint density at radius 2 is 1.82 bits per heavy atom. The van der Waals surface area contributed by atoms with Gasteiger partial charge in [0.2, 0.25) is 6.79 Å². The molecule has 0 fully saturated rings. The average molecular weight is 377 g/mol. The van der Waals surface area contributed by atoms with E-state index < -0.39 is 0 Å². The Labute approximate surface area is 163 Å². The molecule has 0 bridgehead atoms. The van der Waals surface area contributed by atoms with Gasteiger partial charge in [-0.05, 0) is 39.0 Å². The van der Waals surface area contributed by atoms with Crippen LogP contribution in [0, 0.1) is 0 Å². The standard InChI is InChI=1S/C22H23N3O3/c1-4-25(5-2)22(26)16-11-20-21(28-13-27-20)12-19(16)23-14(3)18-10-15-8-6-7-9-17(15)24-18/h6-12,24H,4-5,13H2,1-3H3. The van der Waals surface area contributed by atoms with E-state index in [0.717, 1.165) is 22.3 Å². The zero-order valence-corrected chi connectivity index (χ0v) is 16.3. The van der Waals surface area contributed by atoms with Gasteiger partial charge in [-0.1, -0.05) is 18.2 Å². The zero-order valence-electron chi connectivity index (χ0n) is 16.3. The van der Waals surface area contributed by atoms with Crippen LogP contribution in [0.5, 0.6) is 11.5 Å². The van der Waals surface area contributed by atoms with Gasteiger partial charge in [0.15, 0.2) is 11.5 Å². The first-order valence-corrected chi connectivity index (χ1v) is 9.47. The van der Waals surface area contributed by atoms with Crippen LogP contribution in [-0.4, -0.2) is 41.4 Å². The fourth-order valence-electron chi connectivity index (χ4n) is 3.39. The molecule has 0 aliphatic carbocycles. The van der Waals surface area contributed by atoms with E-state index in [-0.39, 0.29) is 12.7 Å². The number of carbonyl (C=O) groups excluding carboxylic acids is 1. The number of rotatable bonds is 5. The van der Waals surface area contributed by atoms with Gasteiger partial charge < -0.3 is 19.4 Å². The van der Waals surface area contributed by atoms with Crippen molar-refractivity contribution in [1.29, 1.82) is 0 Å². The molecule has 1 N–H and O–H groups in total. The van der Waals surface area contributed by atoms with Crippen LogP contribution in [0.4, 0.5) is 5.69 Å². The van der Waals surface area contributed by atoms with Crippen LogP contribution >= 0.6 is 0 Å². The molecule has 0 saturated heterocycles. The Balaban J connectivity index is 1.79. The Kier molecular flexibility index (Phi) is 4.77. The summed E-state index contributed by atoms with van der Waals surface area (Å²) in [6.45, 7) is 7.28. The maximum atomic E-state index is 13.0. The molecule has 0 spiro atoms. The Morgan fingerprint density at radius 3 is 2.54 bits per heavy atom. The summed E-state index contributed by atoms with van der Waals surface area (Å²) in [5, 5.41) is 1.12. The number of H-pyrrole nitrogens is 1. The van der Waals surface area contributed by atoms with E-state index in [1.54, 1.807) is 17.0 Å². The van der Waals surface area contributed by atoms with Crippen molar-refractivity contribution in [1.82, 2.24) is 9.88 Å². The second-order valence-electron chi connectivity index (χ2n) is 6.67. The first-order chi connectivity index (χ1) is 13.6. The maximum Gasteiger partial charge on any atom is 0.256 e. The third-order valence-electron chi connectivity index (χ3n) is 4.98. The molecular weight excluding hydrogens is 354 g/mol. The van der Waals surface area contributed by atoms with E-state index in [4.69, 9.17) is 14.5 Å². The van der Waals surface area contributed by atoms with Crippen molar-refractivity contribution in [3.63, 3.8) is 0 Å². The van der Waals surface area contributed by atoms with Gasteiger partial charge in [-0.2, -0.15) is 0 Å². The lowest BCUT2D eigenvalue weighted by molar-refractivity contribution is 0.0773. The number of aromatic amines is 1. The minimum atomic E-state index is -0.0634. The van der Waals surface area contributed by atoms with Crippen LogP contribution in [0.25, 0.3) is 10.9 Å². The molecular formula is C22H23N3O3. The lowest BCUT2D eigenvalue weighted by atomic mass is 10.1. The van der Waals surface area contributed by atoms with Crippen LogP contribution in [-0.2, 0) is 0 Å². The van der Waals surface area contributed by atoms with Crippen LogP contribution < -0.4 is 9.47 Å². The predicted octanol–water partition coefficient (Wildman–Crippen LogP) is 4.52. The lowest BCUT2D eigenvalue weighted by Gasteiger charge is -2.20. The van der Waals surface area contributed by atoms with Gasteiger partial charge in [0.1, 0.15) is 0 Å². The van der Waals surface area contributed by atoms with Crippen LogP contribution in [0.3, 0.4) is 0 Å². The van der Waals surface area contributed by atoms with Gasteiger partial charge in [-0.15, -0.1) is 0 Å². The molecule has 28 heavy (non-hydrogen) atoms. The lowest BCUT2D eigenvalue weighted by Crippen LogP contribution is -2.30. The van der Waals surface area contributed by atoms with E-state index in [2.05, 4.69) is 17.1 Å². The maximum absolute atomic E-state index is 13.0. The smallest absolute Gasteiger partial charge is 0.256 e. The number of benzene rings is 2. The molecule has 1 amide bonds. The number of carbonyl (C=O) groups is 1. The molecule has 1 aliphatic rings. The Hall–Kier alpha value is -3.28. The number of amides is 1. The number of ether oxygens (including phenoxy) is 2. The van der Waals surface area contributed by atoms with E-state index in [1.165, 1.54) is 0 Å². The highest BCUT2D eigenvalue weighted by Crippen LogP contribution is 2.39. The highest BCUT2D eigenvalue weighted by atomic mass is 16.7. The number of nitrogens with zero attached hydrogens (tertiary/aromatic N) is 2. The summed E-state index contributed by atoms with van der Waals surface area (Å²) in [4.78, 5) is 23.0. The molecule has 6 nitrogen and oxygen atoms in total. The molecule has 0 unspecified atom stereocenters. The van der Waals surface area contributed by atoms with Crippen molar-refractivity contribution in [2.75, 3.05) is 19.9 Å². The molecule has 0 radical (unpaired) electrons. The molecule has 0 saturated carbocycles. The fourth-order valence-corrected chi connectivity index (χ4v) is 3.39. The van der Waals surface area contributed by atoms with Gasteiger partial charge in [0, 0.05) is 30.1 Å². The number of nitrogens with one attached hydrogen (secondary N) is 1. The molecule has 4 rings (SSSR count). The van der Waals surface area contributed by atoms with Gasteiger partial charge in [-0.25, -0.2) is 0 Å². The highest BCUT2D eigenvalue weighted by Gasteiger charge is 2.23. The van der Waals surface area contributed by atoms with Gasteiger partial charge in [-0.3, -0.25) is 9.79 Å². The largest absolute Gasteiger partial charge is 0.454 e. The number of para-hydroxylation sites is 1. The van der Waals surface area contributed by atoms with Gasteiger partial charge >= 0.3 is 0 Å². The van der Waals surface area contributed by atoms with Gasteiger partial charge in [0.05, 0.1) is 22.7 Å². The molecule has 2 aromatic carbocycles. The molecule has 3 aromatic rings. The normalized spacial score (nSPS) is 13.2. The summed E-state index contributed by atoms with van der Waals surface area (Å²) in [5.41, 5.74) is 3.86. The summed E-state index contributed by atoms with van der Waals surface area (Å²) in [6.07, 6.45) is 0. The molecule has 6 heteroatoms. The molecule has 0 atom stereocenters. The first kappa shape index (κ1) is 18.1. The fraction of sp³-hybridized carbons (Fsp3) is 0.273. The SMILES string of the molecule is CCN(CC)C(=O)c1cc2c(cc1N=C(C)c1cc3ccccc3[nH]1)OCO2. The number of fused-ring (bicyclic) bond motifs is 2. The van der Waals surface area contributed by atoms with E-state index in [0.29, 0.717) is 35.8 Å². The summed E-state index contributed by atoms with van der Waals surface area (Å²) in [6, 6.07) is 13.7. The first-order valence-electron chi connectivity index (χ1n) is 9.47. The predicted molar refractivity (Wildman–Crippen MR) is 110 cm³/mol. The van der Waals surface area contributed by atoms with Crippen LogP contribution in [0.2, 0.25) is 0 Å². The molecule has 144 valence electrons. The van der Waals surface area contributed by atoms with Gasteiger partial charge in [0.25, 0.3) is 5.91 Å². The quantitative estimate of drug-likeness (QED) is 0.665. The number of hydrogen-bond donors (Lipinski definition) is 1. The molecule has 1 aromatic heterocycles. The van der Waals surface area contributed by atoms with Crippen LogP contribution in [0.1, 0.15) is 36.8 Å². The number of aromatic nitrogens is 1. The minimum absolute atomic E-state index is 0.0634. The average Bonchev–Trinajstić information content (AvgIpc) is 3.34. The summed E-state index contributed by atoms with van der Waals surface area (Å²) in [5.74, 6) is 1.13. The van der Waals surface area contributed by atoms with Crippen molar-refractivity contribution in [2.45, 2.75) is 20.8 Å². The Morgan fingerprint density at radius 1 is 1.11 bits per heavy atom. The Bertz CT molecular complexity index is 1030. The van der Waals surface area contributed by atoms with E-state index in [9.17, 15) is 4.79 Å². The van der Waals surface area contributed by atoms with Crippen LogP contribution in [0.15, 0.2) is 47.5 Å². The number of hydrogen-bond acceptors (Lipinski definition) is 4. The highest BCUT2D eigenvalue weighted by molar-refractivity contribution is 6.05. The topological polar surface area (TPSA) is 66.9 Å². The van der Waals surface area contributed by atoms with Crippen molar-refractivity contribution >= 4 is 28.2 Å². The third kappa shape index (κ3) is 3.22. The number of aliphatic imine (C=N–C) groups is 1. The monoisotopic (exact) mass is 377 g/mol. The summed E-state index contributed by atoms with van der Waals surface area (Å²) < 4.78 is 11.0. The summed E-state index contributed by atoms with van der Waals surface area (Å²) in [7, 11) is 0. The zero-order chi connectivity index (χ0) is 19.7. The van der Waals surface area contributed by atoms with Crippen molar-refractivity contribution < 1.29 is 14.3 Å². The second kappa shape index (κ2) is 7.38. The van der Waals surface area contributed by atoms with Crippen molar-refractivity contribution in [2.24, 2.45) is 4.99 Å². The summed E-state index contributed by atoms with van der Waals surface area (Å²) >= 11 is 0. The third-order valence-corrected chi connectivity index (χ3v) is 4.98. The van der Waals surface area contributed by atoms with E-state index in [1.807, 2.05) is 39.0 Å². The minimum Gasteiger partial charge on any atom is -0.454 e.